The Morgan fingerprint density at radius 3 is 1.17 bits per heavy atom. The van der Waals surface area contributed by atoms with Gasteiger partial charge in [-0.05, 0) is 12.8 Å². The molecule has 0 rings (SSSR count). The zero-order valence-corrected chi connectivity index (χ0v) is 28.0. The normalized spacial score (nSPS) is 12.6. The predicted molar refractivity (Wildman–Crippen MR) is 76.7 cm³/mol. The average Bonchev–Trinajstić information content (AvgIpc) is 2.49. The number of phosphoric acid groups is 2. The third-order valence-electron chi connectivity index (χ3n) is 2.71. The third kappa shape index (κ3) is 22.9. The third-order valence-corrected chi connectivity index (χ3v) is 3.68. The molecule has 0 radical (unpaired) electrons. The van der Waals surface area contributed by atoms with E-state index in [1.54, 1.807) is 13.8 Å². The van der Waals surface area contributed by atoms with Crippen LogP contribution in [0.1, 0.15) is 39.5 Å². The van der Waals surface area contributed by atoms with Crippen LogP contribution in [0.3, 0.4) is 0 Å². The molecule has 0 N–H and O–H groups in total. The minimum Gasteiger partial charge on any atom is -0.790 e. The van der Waals surface area contributed by atoms with Crippen molar-refractivity contribution in [2.75, 3.05) is 13.2 Å². The zero-order valence-electron chi connectivity index (χ0n) is 18.2. The Hall–Kier alpha value is 3.16. The van der Waals surface area contributed by atoms with Crippen molar-refractivity contribution in [2.24, 2.45) is 0 Å². The van der Waals surface area contributed by atoms with Gasteiger partial charge in [-0.1, -0.05) is 26.7 Å². The summed E-state index contributed by atoms with van der Waals surface area (Å²) in [5, 5.41) is 0. The maximum atomic E-state index is 11.9. The molecular formula is C12H20Na4O12P2. The predicted octanol–water partition coefficient (Wildman–Crippen LogP) is -13.9. The topological polar surface area (TPSA) is 197 Å². The van der Waals surface area contributed by atoms with E-state index in [-0.39, 0.29) is 131 Å². The van der Waals surface area contributed by atoms with Crippen molar-refractivity contribution in [2.45, 2.75) is 51.7 Å². The first-order valence-corrected chi connectivity index (χ1v) is 10.6. The van der Waals surface area contributed by atoms with Crippen LogP contribution in [0.4, 0.5) is 0 Å². The molecule has 12 nitrogen and oxygen atoms in total. The molecule has 0 aromatic carbocycles. The summed E-state index contributed by atoms with van der Waals surface area (Å²) >= 11 is 0. The largest absolute Gasteiger partial charge is 1.00 e. The molecule has 0 bridgehead atoms. The van der Waals surface area contributed by atoms with Crippen molar-refractivity contribution < 1.29 is 175 Å². The molecule has 154 valence electrons. The van der Waals surface area contributed by atoms with Crippen LogP contribution in [0, 0.1) is 0 Å². The Balaban J connectivity index is -0.000000521. The van der Waals surface area contributed by atoms with Gasteiger partial charge in [0.2, 0.25) is 0 Å². The number of unbranched alkanes of at least 4 members (excludes halogenated alkanes) is 2. The van der Waals surface area contributed by atoms with E-state index in [1.807, 2.05) is 0 Å². The molecular weight excluding hydrogens is 490 g/mol. The number of ether oxygens (including phenoxy) is 2. The maximum Gasteiger partial charge on any atom is 1.00 e. The Kier molecular flexibility index (Phi) is 32.6. The van der Waals surface area contributed by atoms with Crippen molar-refractivity contribution in [3.05, 3.63) is 0 Å². The number of hydrogen-bond donors (Lipinski definition) is 0. The molecule has 0 amide bonds. The first-order chi connectivity index (χ1) is 11.9. The van der Waals surface area contributed by atoms with Crippen LogP contribution in [-0.2, 0) is 37.2 Å². The van der Waals surface area contributed by atoms with E-state index in [4.69, 9.17) is 0 Å². The molecule has 0 saturated heterocycles. The summed E-state index contributed by atoms with van der Waals surface area (Å²) in [5.74, 6) is -3.15. The van der Waals surface area contributed by atoms with Crippen molar-refractivity contribution in [1.29, 1.82) is 0 Å². The van der Waals surface area contributed by atoms with Crippen LogP contribution in [0.2, 0.25) is 0 Å². The van der Waals surface area contributed by atoms with Gasteiger partial charge in [0.05, 0.1) is 28.9 Å². The van der Waals surface area contributed by atoms with Gasteiger partial charge in [-0.15, -0.1) is 0 Å². The van der Waals surface area contributed by atoms with Crippen LogP contribution in [0.15, 0.2) is 0 Å². The maximum absolute atomic E-state index is 11.9. The van der Waals surface area contributed by atoms with E-state index in [2.05, 4.69) is 18.5 Å². The fourth-order valence-corrected chi connectivity index (χ4v) is 2.47. The smallest absolute Gasteiger partial charge is 0.790 e. The molecule has 0 unspecified atom stereocenters. The second-order valence-electron chi connectivity index (χ2n) is 4.99. The SMILES string of the molecule is CCCCOC(=O)[C@H](OP(=O)([O-])[O-])[C@@H](OP(=O)([O-])[O-])C(=O)OCCCC.[Na+].[Na+].[Na+].[Na+]. The van der Waals surface area contributed by atoms with Crippen molar-refractivity contribution in [3.63, 3.8) is 0 Å². The van der Waals surface area contributed by atoms with Gasteiger partial charge < -0.3 is 47.2 Å². The van der Waals surface area contributed by atoms with E-state index >= 15 is 0 Å². The number of rotatable bonds is 13. The zero-order chi connectivity index (χ0) is 20.4. The molecule has 0 heterocycles. The Morgan fingerprint density at radius 2 is 0.967 bits per heavy atom. The minimum atomic E-state index is -5.89. The summed E-state index contributed by atoms with van der Waals surface area (Å²) in [7, 11) is -11.8. The van der Waals surface area contributed by atoms with Gasteiger partial charge in [0.15, 0.2) is 12.2 Å². The molecule has 0 saturated carbocycles. The van der Waals surface area contributed by atoms with Crippen molar-refractivity contribution >= 4 is 27.6 Å². The average molecular weight is 510 g/mol. The van der Waals surface area contributed by atoms with Crippen LogP contribution in [-0.4, -0.2) is 37.4 Å². The van der Waals surface area contributed by atoms with Gasteiger partial charge in [-0.3, -0.25) is 0 Å². The quantitative estimate of drug-likeness (QED) is 0.0983. The monoisotopic (exact) mass is 510 g/mol. The molecule has 0 aliphatic carbocycles. The summed E-state index contributed by atoms with van der Waals surface area (Å²) in [4.78, 5) is 67.2. The van der Waals surface area contributed by atoms with Crippen molar-refractivity contribution in [1.82, 2.24) is 0 Å². The second kappa shape index (κ2) is 22.6. The number of carbonyl (C=O) groups is 2. The minimum absolute atomic E-state index is 0. The van der Waals surface area contributed by atoms with E-state index in [1.165, 1.54) is 0 Å². The fourth-order valence-electron chi connectivity index (χ4n) is 1.52. The molecule has 18 heteroatoms. The second-order valence-corrected chi connectivity index (χ2v) is 7.20. The fraction of sp³-hybridized carbons (Fsp3) is 0.833. The standard InChI is InChI=1S/C12H24O12P2.4Na/c1-3-5-7-21-11(13)9(23-25(15,16)17)10(24-26(18,19)20)12(14)22-8-6-4-2;;;;/h9-10H,3-8H2,1-2H3,(H2,15,16,17)(H2,18,19,20);;;;/q;4*+1/p-4/t9-,10-;;;;/m1..../s1. The summed E-state index contributed by atoms with van der Waals surface area (Å²) in [6, 6.07) is 0. The first kappa shape index (κ1) is 43.2. The number of esters is 2. The molecule has 0 aliphatic heterocycles. The van der Waals surface area contributed by atoms with E-state index in [9.17, 15) is 38.3 Å². The Bertz CT molecular complexity index is 507. The van der Waals surface area contributed by atoms with Crippen molar-refractivity contribution in [3.8, 4) is 0 Å². The molecule has 0 aliphatic rings. The number of phosphoric ester groups is 2. The summed E-state index contributed by atoms with van der Waals surface area (Å²) < 4.78 is 38.7. The van der Waals surface area contributed by atoms with Crippen LogP contribution in [0.25, 0.3) is 0 Å². The van der Waals surface area contributed by atoms with Crippen LogP contribution < -0.4 is 138 Å². The van der Waals surface area contributed by atoms with Gasteiger partial charge in [0.1, 0.15) is 0 Å². The summed E-state index contributed by atoms with van der Waals surface area (Å²) in [6.07, 6.45) is -3.43. The first-order valence-electron chi connectivity index (χ1n) is 7.65. The summed E-state index contributed by atoms with van der Waals surface area (Å²) in [5.41, 5.74) is 0. The number of hydrogen-bond acceptors (Lipinski definition) is 12. The van der Waals surface area contributed by atoms with Crippen LogP contribution in [0.5, 0.6) is 0 Å². The van der Waals surface area contributed by atoms with Gasteiger partial charge in [-0.25, -0.2) is 9.59 Å². The molecule has 0 spiro atoms. The number of carbonyl (C=O) groups excluding carboxylic acids is 2. The van der Waals surface area contributed by atoms with Gasteiger partial charge in [-0.2, -0.15) is 0 Å². The Morgan fingerprint density at radius 1 is 0.700 bits per heavy atom. The molecule has 0 aromatic rings. The van der Waals surface area contributed by atoms with E-state index in [0.717, 1.165) is 0 Å². The molecule has 2 atom stereocenters. The molecule has 30 heavy (non-hydrogen) atoms. The molecule has 0 fully saturated rings. The van der Waals surface area contributed by atoms with Gasteiger partial charge >= 0.3 is 130 Å². The van der Waals surface area contributed by atoms with E-state index in [0.29, 0.717) is 25.7 Å². The van der Waals surface area contributed by atoms with Crippen LogP contribution >= 0.6 is 15.6 Å². The Labute approximate surface area is 263 Å². The summed E-state index contributed by atoms with van der Waals surface area (Å²) in [6.45, 7) is 3.02. The molecule has 0 aromatic heterocycles. The van der Waals surface area contributed by atoms with E-state index < -0.39 is 39.8 Å². The van der Waals surface area contributed by atoms with Gasteiger partial charge in [0.25, 0.3) is 0 Å². The van der Waals surface area contributed by atoms with Gasteiger partial charge in [0, 0.05) is 0 Å².